The van der Waals surface area contributed by atoms with Crippen LogP contribution in [0.5, 0.6) is 0 Å². The van der Waals surface area contributed by atoms with Crippen LogP contribution in [0.2, 0.25) is 0 Å². The number of rotatable bonds is 5. The smallest absolute Gasteiger partial charge is 0.216 e. The Morgan fingerprint density at radius 3 is 2.86 bits per heavy atom. The van der Waals surface area contributed by atoms with Gasteiger partial charge in [-0.3, -0.25) is 4.79 Å². The number of amides is 1. The maximum Gasteiger partial charge on any atom is 0.216 e. The number of carbonyl (C=O) groups excluding carboxylic acids is 1. The van der Waals surface area contributed by atoms with Gasteiger partial charge in [-0.1, -0.05) is 0 Å². The summed E-state index contributed by atoms with van der Waals surface area (Å²) in [6.07, 6.45) is 2.65. The van der Waals surface area contributed by atoms with Crippen molar-refractivity contribution in [3.8, 4) is 0 Å². The molecule has 0 aliphatic carbocycles. The second kappa shape index (κ2) is 5.61. The van der Waals surface area contributed by atoms with Crippen LogP contribution in [-0.4, -0.2) is 36.0 Å². The predicted molar refractivity (Wildman–Crippen MR) is 61.7 cm³/mol. The lowest BCUT2D eigenvalue weighted by atomic mass is 10.1. The van der Waals surface area contributed by atoms with Crippen molar-refractivity contribution in [1.82, 2.24) is 10.6 Å². The Bertz CT molecular complexity index is 191. The number of thioether (sulfide) groups is 1. The lowest BCUT2D eigenvalue weighted by Crippen LogP contribution is -2.37. The first-order valence-corrected chi connectivity index (χ1v) is 6.20. The van der Waals surface area contributed by atoms with E-state index < -0.39 is 0 Å². The Hall–Kier alpha value is -0.220. The van der Waals surface area contributed by atoms with Crippen molar-refractivity contribution in [2.24, 2.45) is 0 Å². The number of carbonyl (C=O) groups is 1. The van der Waals surface area contributed by atoms with Crippen LogP contribution in [0.4, 0.5) is 0 Å². The van der Waals surface area contributed by atoms with Crippen molar-refractivity contribution >= 4 is 17.7 Å². The van der Waals surface area contributed by atoms with Crippen molar-refractivity contribution < 1.29 is 4.79 Å². The molecular weight excluding hydrogens is 196 g/mol. The summed E-state index contributed by atoms with van der Waals surface area (Å²) in [5.41, 5.74) is 0. The van der Waals surface area contributed by atoms with Crippen molar-refractivity contribution in [2.75, 3.05) is 25.4 Å². The molecule has 1 amide bonds. The molecule has 0 saturated carbocycles. The molecule has 1 unspecified atom stereocenters. The van der Waals surface area contributed by atoms with Gasteiger partial charge in [0.2, 0.25) is 5.91 Å². The lowest BCUT2D eigenvalue weighted by Gasteiger charge is -2.22. The molecule has 1 fully saturated rings. The average molecular weight is 216 g/mol. The third-order valence-electron chi connectivity index (χ3n) is 2.48. The van der Waals surface area contributed by atoms with Gasteiger partial charge in [0.05, 0.1) is 0 Å². The Balaban J connectivity index is 2.00. The fourth-order valence-electron chi connectivity index (χ4n) is 1.66. The molecule has 0 aromatic heterocycles. The summed E-state index contributed by atoms with van der Waals surface area (Å²) in [4.78, 5) is 10.6. The fourth-order valence-corrected chi connectivity index (χ4v) is 2.93. The molecule has 1 aliphatic heterocycles. The molecule has 14 heavy (non-hydrogen) atoms. The minimum absolute atomic E-state index is 0.0493. The third kappa shape index (κ3) is 4.33. The van der Waals surface area contributed by atoms with Gasteiger partial charge in [0.25, 0.3) is 0 Å². The largest absolute Gasteiger partial charge is 0.355 e. The summed E-state index contributed by atoms with van der Waals surface area (Å²) < 4.78 is 0.427. The van der Waals surface area contributed by atoms with Gasteiger partial charge in [0, 0.05) is 31.3 Å². The van der Waals surface area contributed by atoms with E-state index in [0.717, 1.165) is 19.6 Å². The molecule has 1 aliphatic rings. The molecule has 0 aromatic carbocycles. The zero-order valence-electron chi connectivity index (χ0n) is 9.06. The Kier molecular flexibility index (Phi) is 4.75. The molecule has 1 atom stereocenters. The number of nitrogens with one attached hydrogen (secondary N) is 2. The van der Waals surface area contributed by atoms with Gasteiger partial charge in [-0.05, 0) is 25.5 Å². The van der Waals surface area contributed by atoms with E-state index in [0.29, 0.717) is 4.75 Å². The van der Waals surface area contributed by atoms with E-state index in [-0.39, 0.29) is 5.91 Å². The SMILES string of the molecule is CC(=O)NCCNCC1(C)CCCS1. The monoisotopic (exact) mass is 216 g/mol. The normalized spacial score (nSPS) is 26.4. The zero-order chi connectivity index (χ0) is 10.4. The summed E-state index contributed by atoms with van der Waals surface area (Å²) in [5.74, 6) is 1.34. The first-order valence-electron chi connectivity index (χ1n) is 5.21. The molecule has 0 spiro atoms. The maximum absolute atomic E-state index is 10.6. The van der Waals surface area contributed by atoms with Crippen LogP contribution in [-0.2, 0) is 4.79 Å². The highest BCUT2D eigenvalue weighted by atomic mass is 32.2. The van der Waals surface area contributed by atoms with Crippen LogP contribution >= 0.6 is 11.8 Å². The summed E-state index contributed by atoms with van der Waals surface area (Å²) in [5, 5.41) is 6.16. The molecule has 2 N–H and O–H groups in total. The molecule has 0 bridgehead atoms. The van der Waals surface area contributed by atoms with E-state index in [1.165, 1.54) is 18.6 Å². The standard InChI is InChI=1S/C10H20N2OS/c1-9(13)12-6-5-11-8-10(2)4-3-7-14-10/h11H,3-8H2,1-2H3,(H,12,13). The Morgan fingerprint density at radius 2 is 2.29 bits per heavy atom. The second-order valence-electron chi connectivity index (χ2n) is 4.06. The Labute approximate surface area is 90.4 Å². The van der Waals surface area contributed by atoms with E-state index >= 15 is 0 Å². The first-order chi connectivity index (χ1) is 6.62. The van der Waals surface area contributed by atoms with Crippen LogP contribution in [0.15, 0.2) is 0 Å². The van der Waals surface area contributed by atoms with Gasteiger partial charge in [-0.15, -0.1) is 0 Å². The van der Waals surface area contributed by atoms with E-state index in [1.54, 1.807) is 6.92 Å². The van der Waals surface area contributed by atoms with Gasteiger partial charge in [-0.2, -0.15) is 11.8 Å². The second-order valence-corrected chi connectivity index (χ2v) is 5.74. The topological polar surface area (TPSA) is 41.1 Å². The number of hydrogen-bond acceptors (Lipinski definition) is 3. The van der Waals surface area contributed by atoms with Gasteiger partial charge in [-0.25, -0.2) is 0 Å². The minimum atomic E-state index is 0.0493. The van der Waals surface area contributed by atoms with Crippen molar-refractivity contribution in [1.29, 1.82) is 0 Å². The van der Waals surface area contributed by atoms with E-state index in [1.807, 2.05) is 0 Å². The summed E-state index contributed by atoms with van der Waals surface area (Å²) >= 11 is 2.06. The third-order valence-corrected chi connectivity index (χ3v) is 4.01. The molecule has 0 radical (unpaired) electrons. The van der Waals surface area contributed by atoms with Crippen LogP contribution < -0.4 is 10.6 Å². The molecular formula is C10H20N2OS. The molecule has 82 valence electrons. The summed E-state index contributed by atoms with van der Waals surface area (Å²) in [6, 6.07) is 0. The quantitative estimate of drug-likeness (QED) is 0.674. The molecule has 3 nitrogen and oxygen atoms in total. The molecule has 4 heteroatoms. The van der Waals surface area contributed by atoms with Crippen LogP contribution in [0, 0.1) is 0 Å². The molecule has 0 aromatic rings. The molecule has 1 saturated heterocycles. The van der Waals surface area contributed by atoms with Crippen molar-refractivity contribution in [3.05, 3.63) is 0 Å². The summed E-state index contributed by atoms with van der Waals surface area (Å²) in [7, 11) is 0. The van der Waals surface area contributed by atoms with Crippen LogP contribution in [0.25, 0.3) is 0 Å². The summed E-state index contributed by atoms with van der Waals surface area (Å²) in [6.45, 7) is 6.52. The van der Waals surface area contributed by atoms with Crippen molar-refractivity contribution in [3.63, 3.8) is 0 Å². The lowest BCUT2D eigenvalue weighted by molar-refractivity contribution is -0.118. The Morgan fingerprint density at radius 1 is 1.50 bits per heavy atom. The molecule has 1 rings (SSSR count). The van der Waals surface area contributed by atoms with Crippen LogP contribution in [0.1, 0.15) is 26.7 Å². The van der Waals surface area contributed by atoms with E-state index in [4.69, 9.17) is 0 Å². The highest BCUT2D eigenvalue weighted by Gasteiger charge is 2.28. The highest BCUT2D eigenvalue weighted by molar-refractivity contribution is 8.00. The van der Waals surface area contributed by atoms with E-state index in [2.05, 4.69) is 29.3 Å². The predicted octanol–water partition coefficient (Wildman–Crippen LogP) is 0.998. The van der Waals surface area contributed by atoms with Crippen molar-refractivity contribution in [2.45, 2.75) is 31.4 Å². The highest BCUT2D eigenvalue weighted by Crippen LogP contribution is 2.36. The van der Waals surface area contributed by atoms with Crippen LogP contribution in [0.3, 0.4) is 0 Å². The maximum atomic E-state index is 10.6. The van der Waals surface area contributed by atoms with E-state index in [9.17, 15) is 4.79 Å². The van der Waals surface area contributed by atoms with Gasteiger partial charge >= 0.3 is 0 Å². The minimum Gasteiger partial charge on any atom is -0.355 e. The van der Waals surface area contributed by atoms with Gasteiger partial charge < -0.3 is 10.6 Å². The average Bonchev–Trinajstić information content (AvgIpc) is 2.51. The fraction of sp³-hybridized carbons (Fsp3) is 0.900. The first kappa shape index (κ1) is 11.9. The van der Waals surface area contributed by atoms with Gasteiger partial charge in [0.15, 0.2) is 0 Å². The zero-order valence-corrected chi connectivity index (χ0v) is 9.88. The number of hydrogen-bond donors (Lipinski definition) is 2. The molecule has 1 heterocycles. The van der Waals surface area contributed by atoms with Gasteiger partial charge in [0.1, 0.15) is 0 Å².